The van der Waals surface area contributed by atoms with Gasteiger partial charge in [-0.2, -0.15) is 5.10 Å². The zero-order valence-corrected chi connectivity index (χ0v) is 11.6. The molecule has 6 heteroatoms. The van der Waals surface area contributed by atoms with Gasteiger partial charge in [0, 0.05) is 12.0 Å². The summed E-state index contributed by atoms with van der Waals surface area (Å²) in [4.78, 5) is 12.0. The van der Waals surface area contributed by atoms with Crippen LogP contribution < -0.4 is 11.1 Å². The van der Waals surface area contributed by atoms with E-state index in [1.165, 1.54) is 5.56 Å². The Morgan fingerprint density at radius 2 is 2.33 bits per heavy atom. The van der Waals surface area contributed by atoms with Crippen LogP contribution in [0.3, 0.4) is 0 Å². The number of amides is 1. The number of H-pyrrole nitrogens is 1. The summed E-state index contributed by atoms with van der Waals surface area (Å²) in [6.45, 7) is 3.71. The Morgan fingerprint density at radius 3 is 3.00 bits per heavy atom. The minimum absolute atomic E-state index is 0. The molecular weight excluding hydrogens is 252 g/mol. The fourth-order valence-electron chi connectivity index (χ4n) is 2.15. The van der Waals surface area contributed by atoms with Crippen molar-refractivity contribution in [3.05, 3.63) is 17.5 Å². The van der Waals surface area contributed by atoms with Crippen molar-refractivity contribution in [1.29, 1.82) is 0 Å². The first-order chi connectivity index (χ1) is 8.09. The fraction of sp³-hybridized carbons (Fsp3) is 0.667. The molecule has 4 N–H and O–H groups in total. The van der Waals surface area contributed by atoms with Crippen molar-refractivity contribution in [3.63, 3.8) is 0 Å². The van der Waals surface area contributed by atoms with E-state index >= 15 is 0 Å². The smallest absolute Gasteiger partial charge is 0.224 e. The largest absolute Gasteiger partial charge is 0.347 e. The Kier molecular flexibility index (Phi) is 5.16. The molecule has 5 nitrogen and oxygen atoms in total. The van der Waals surface area contributed by atoms with Gasteiger partial charge in [-0.1, -0.05) is 6.92 Å². The number of carbonyl (C=O) groups is 1. The van der Waals surface area contributed by atoms with Crippen LogP contribution in [-0.4, -0.2) is 22.1 Å². The van der Waals surface area contributed by atoms with Gasteiger partial charge in [0.15, 0.2) is 0 Å². The molecule has 3 unspecified atom stereocenters. The molecule has 2 rings (SSSR count). The van der Waals surface area contributed by atoms with Crippen LogP contribution >= 0.6 is 12.4 Å². The number of fused-ring (bicyclic) bond motifs is 1. The van der Waals surface area contributed by atoms with Gasteiger partial charge in [0.2, 0.25) is 5.91 Å². The van der Waals surface area contributed by atoms with Gasteiger partial charge in [0.1, 0.15) is 0 Å². The van der Waals surface area contributed by atoms with Crippen LogP contribution in [0, 0.1) is 5.92 Å². The number of hydrogen-bond donors (Lipinski definition) is 3. The van der Waals surface area contributed by atoms with Gasteiger partial charge in [-0.15, -0.1) is 12.4 Å². The standard InChI is InChI=1S/C12H20N4O.ClH/c1-7(8(2)13)12(17)15-10-5-3-4-9-6-14-16-11(9)10;/h6-8,10H,3-5,13H2,1-2H3,(H,14,16)(H,15,17);1H. The number of aromatic nitrogens is 2. The topological polar surface area (TPSA) is 83.8 Å². The van der Waals surface area contributed by atoms with Crippen molar-refractivity contribution in [2.24, 2.45) is 11.7 Å². The van der Waals surface area contributed by atoms with Gasteiger partial charge < -0.3 is 11.1 Å². The molecule has 0 saturated heterocycles. The number of aromatic amines is 1. The molecule has 0 saturated carbocycles. The van der Waals surface area contributed by atoms with E-state index in [0.717, 1.165) is 25.0 Å². The van der Waals surface area contributed by atoms with Crippen molar-refractivity contribution >= 4 is 18.3 Å². The lowest BCUT2D eigenvalue weighted by molar-refractivity contribution is -0.125. The first-order valence-electron chi connectivity index (χ1n) is 6.17. The molecule has 0 radical (unpaired) electrons. The monoisotopic (exact) mass is 272 g/mol. The molecule has 0 bridgehead atoms. The minimum atomic E-state index is -0.164. The number of nitrogens with one attached hydrogen (secondary N) is 2. The number of carbonyl (C=O) groups excluding carboxylic acids is 1. The third-order valence-corrected chi connectivity index (χ3v) is 3.56. The van der Waals surface area contributed by atoms with Gasteiger partial charge >= 0.3 is 0 Å². The summed E-state index contributed by atoms with van der Waals surface area (Å²) in [5, 5.41) is 10.1. The molecule has 102 valence electrons. The predicted molar refractivity (Wildman–Crippen MR) is 72.5 cm³/mol. The van der Waals surface area contributed by atoms with Gasteiger partial charge in [-0.05, 0) is 31.7 Å². The highest BCUT2D eigenvalue weighted by Crippen LogP contribution is 2.27. The first-order valence-corrected chi connectivity index (χ1v) is 6.17. The average molecular weight is 273 g/mol. The second kappa shape index (κ2) is 6.20. The number of hydrogen-bond acceptors (Lipinski definition) is 3. The number of nitrogens with zero attached hydrogens (tertiary/aromatic N) is 1. The second-order valence-corrected chi connectivity index (χ2v) is 4.91. The molecular formula is C12H21ClN4O. The van der Waals surface area contributed by atoms with Gasteiger partial charge in [-0.25, -0.2) is 0 Å². The highest BCUT2D eigenvalue weighted by Gasteiger charge is 2.26. The summed E-state index contributed by atoms with van der Waals surface area (Å²) in [5.74, 6) is -0.143. The SMILES string of the molecule is CC(N)C(C)C(=O)NC1CCCc2cn[nH]c21.Cl. The third-order valence-electron chi connectivity index (χ3n) is 3.56. The first kappa shape index (κ1) is 15.0. The molecule has 1 aromatic rings. The lowest BCUT2D eigenvalue weighted by atomic mass is 9.93. The Bertz CT molecular complexity index is 405. The van der Waals surface area contributed by atoms with E-state index in [1.54, 1.807) is 0 Å². The number of nitrogens with two attached hydrogens (primary N) is 1. The van der Waals surface area contributed by atoms with Crippen LogP contribution in [0.5, 0.6) is 0 Å². The molecule has 0 aromatic carbocycles. The molecule has 1 aliphatic rings. The van der Waals surface area contributed by atoms with E-state index in [-0.39, 0.29) is 36.3 Å². The molecule has 18 heavy (non-hydrogen) atoms. The Labute approximate surface area is 113 Å². The minimum Gasteiger partial charge on any atom is -0.347 e. The molecule has 0 fully saturated rings. The summed E-state index contributed by atoms with van der Waals surface area (Å²) in [7, 11) is 0. The third kappa shape index (κ3) is 3.03. The highest BCUT2D eigenvalue weighted by molar-refractivity contribution is 5.85. The predicted octanol–water partition coefficient (Wildman–Crippen LogP) is 1.31. The summed E-state index contributed by atoms with van der Waals surface area (Å²) in [6.07, 6.45) is 4.94. The van der Waals surface area contributed by atoms with E-state index < -0.39 is 0 Å². The highest BCUT2D eigenvalue weighted by atomic mass is 35.5. The van der Waals surface area contributed by atoms with Crippen molar-refractivity contribution in [2.45, 2.75) is 45.2 Å². The van der Waals surface area contributed by atoms with Crippen LogP contribution in [0.15, 0.2) is 6.20 Å². The van der Waals surface area contributed by atoms with Gasteiger partial charge in [0.05, 0.1) is 17.9 Å². The summed E-state index contributed by atoms with van der Waals surface area (Å²) in [6, 6.07) is -0.0604. The quantitative estimate of drug-likeness (QED) is 0.776. The maximum atomic E-state index is 12.0. The molecule has 1 aromatic heterocycles. The van der Waals surface area contributed by atoms with Gasteiger partial charge in [0.25, 0.3) is 0 Å². The van der Waals surface area contributed by atoms with E-state index in [9.17, 15) is 4.79 Å². The van der Waals surface area contributed by atoms with Crippen LogP contribution in [0.2, 0.25) is 0 Å². The van der Waals surface area contributed by atoms with Crippen LogP contribution in [0.1, 0.15) is 44.0 Å². The van der Waals surface area contributed by atoms with Crippen LogP contribution in [0.25, 0.3) is 0 Å². The summed E-state index contributed by atoms with van der Waals surface area (Å²) >= 11 is 0. The molecule has 0 aliphatic heterocycles. The maximum Gasteiger partial charge on any atom is 0.224 e. The average Bonchev–Trinajstić information content (AvgIpc) is 2.76. The number of rotatable bonds is 3. The molecule has 3 atom stereocenters. The molecule has 0 spiro atoms. The number of halogens is 1. The van der Waals surface area contributed by atoms with Crippen LogP contribution in [0.4, 0.5) is 0 Å². The number of aryl methyl sites for hydroxylation is 1. The van der Waals surface area contributed by atoms with Crippen LogP contribution in [-0.2, 0) is 11.2 Å². The molecule has 1 amide bonds. The van der Waals surface area contributed by atoms with E-state index in [2.05, 4.69) is 15.5 Å². The van der Waals surface area contributed by atoms with Crippen molar-refractivity contribution in [3.8, 4) is 0 Å². The van der Waals surface area contributed by atoms with Crippen molar-refractivity contribution < 1.29 is 4.79 Å². The van der Waals surface area contributed by atoms with Crippen molar-refractivity contribution in [1.82, 2.24) is 15.5 Å². The summed E-state index contributed by atoms with van der Waals surface area (Å²) < 4.78 is 0. The van der Waals surface area contributed by atoms with E-state index in [4.69, 9.17) is 5.73 Å². The maximum absolute atomic E-state index is 12.0. The zero-order valence-electron chi connectivity index (χ0n) is 10.8. The normalized spacial score (nSPS) is 21.4. The summed E-state index contributed by atoms with van der Waals surface area (Å²) in [5.41, 5.74) is 8.01. The van der Waals surface area contributed by atoms with Gasteiger partial charge in [-0.3, -0.25) is 9.89 Å². The van der Waals surface area contributed by atoms with E-state index in [0.29, 0.717) is 0 Å². The second-order valence-electron chi connectivity index (χ2n) is 4.91. The molecule has 1 aliphatic carbocycles. The lowest BCUT2D eigenvalue weighted by Crippen LogP contribution is -2.41. The fourth-order valence-corrected chi connectivity index (χ4v) is 2.15. The Hall–Kier alpha value is -1.07. The van der Waals surface area contributed by atoms with Crippen molar-refractivity contribution in [2.75, 3.05) is 0 Å². The van der Waals surface area contributed by atoms with E-state index in [1.807, 2.05) is 20.0 Å². The zero-order chi connectivity index (χ0) is 12.4. The lowest BCUT2D eigenvalue weighted by Gasteiger charge is -2.25. The Balaban J connectivity index is 0.00000162. The Morgan fingerprint density at radius 1 is 1.61 bits per heavy atom. The molecule has 1 heterocycles.